The summed E-state index contributed by atoms with van der Waals surface area (Å²) in [6.07, 6.45) is 4.37. The summed E-state index contributed by atoms with van der Waals surface area (Å²) in [4.78, 5) is 13.6. The Balaban J connectivity index is 2.27. The monoisotopic (exact) mass is 277 g/mol. The first kappa shape index (κ1) is 16.0. The van der Waals surface area contributed by atoms with Crippen molar-refractivity contribution in [1.29, 1.82) is 0 Å². The third kappa shape index (κ3) is 6.80. The van der Waals surface area contributed by atoms with Gasteiger partial charge in [-0.15, -0.1) is 0 Å². The lowest BCUT2D eigenvalue weighted by Crippen LogP contribution is -2.33. The largest absolute Gasteiger partial charge is 0.497 e. The van der Waals surface area contributed by atoms with Crippen LogP contribution in [-0.4, -0.2) is 45.2 Å². The number of hydrogen-bond acceptors (Lipinski definition) is 3. The van der Waals surface area contributed by atoms with Crippen LogP contribution in [0.5, 0.6) is 5.75 Å². The van der Waals surface area contributed by atoms with Crippen LogP contribution in [0.15, 0.2) is 30.5 Å². The number of urea groups is 1. The van der Waals surface area contributed by atoms with Crippen LogP contribution < -0.4 is 15.4 Å². The molecule has 0 heterocycles. The van der Waals surface area contributed by atoms with Gasteiger partial charge in [0.15, 0.2) is 0 Å². The van der Waals surface area contributed by atoms with Gasteiger partial charge >= 0.3 is 6.03 Å². The molecule has 5 heteroatoms. The number of carbonyl (C=O) groups is 1. The fourth-order valence-electron chi connectivity index (χ4n) is 1.61. The highest BCUT2D eigenvalue weighted by Crippen LogP contribution is 2.13. The van der Waals surface area contributed by atoms with Gasteiger partial charge in [-0.2, -0.15) is 0 Å². The van der Waals surface area contributed by atoms with E-state index in [4.69, 9.17) is 4.74 Å². The van der Waals surface area contributed by atoms with E-state index in [1.165, 1.54) is 0 Å². The van der Waals surface area contributed by atoms with E-state index in [1.807, 2.05) is 44.4 Å². The fourth-order valence-corrected chi connectivity index (χ4v) is 1.61. The molecule has 2 N–H and O–H groups in total. The first-order valence-corrected chi connectivity index (χ1v) is 6.61. The van der Waals surface area contributed by atoms with Crippen LogP contribution in [0.3, 0.4) is 0 Å². The van der Waals surface area contributed by atoms with Crippen molar-refractivity contribution in [3.63, 3.8) is 0 Å². The number of methoxy groups -OCH3 is 1. The average molecular weight is 277 g/mol. The van der Waals surface area contributed by atoms with Gasteiger partial charge < -0.3 is 20.3 Å². The second-order valence-electron chi connectivity index (χ2n) is 4.67. The van der Waals surface area contributed by atoms with Crippen molar-refractivity contribution in [2.45, 2.75) is 6.42 Å². The summed E-state index contributed by atoms with van der Waals surface area (Å²) in [6.45, 7) is 1.62. The Bertz CT molecular complexity index is 444. The standard InChI is InChI=1S/C15H23N3O2/c1-18(2)11-5-9-16-15(19)17-10-8-13-6-4-7-14(12-13)20-3/h4,6-8,10,12H,5,9,11H2,1-3H3,(H2,16,17,19)/b10-8+. The molecule has 0 aliphatic rings. The number of hydrogen-bond donors (Lipinski definition) is 2. The minimum Gasteiger partial charge on any atom is -0.497 e. The van der Waals surface area contributed by atoms with Crippen molar-refractivity contribution < 1.29 is 9.53 Å². The van der Waals surface area contributed by atoms with Gasteiger partial charge in [0.2, 0.25) is 0 Å². The van der Waals surface area contributed by atoms with Crippen LogP contribution in [0.4, 0.5) is 4.79 Å². The second kappa shape index (κ2) is 8.98. The zero-order valence-electron chi connectivity index (χ0n) is 12.3. The zero-order valence-corrected chi connectivity index (χ0v) is 12.3. The summed E-state index contributed by atoms with van der Waals surface area (Å²) in [5.41, 5.74) is 0.970. The Labute approximate surface area is 120 Å². The summed E-state index contributed by atoms with van der Waals surface area (Å²) < 4.78 is 5.13. The van der Waals surface area contributed by atoms with E-state index in [0.29, 0.717) is 6.54 Å². The topological polar surface area (TPSA) is 53.6 Å². The van der Waals surface area contributed by atoms with Gasteiger partial charge in [-0.05, 0) is 50.8 Å². The normalized spacial score (nSPS) is 10.8. The van der Waals surface area contributed by atoms with E-state index < -0.39 is 0 Å². The molecular formula is C15H23N3O2. The molecule has 1 rings (SSSR count). The van der Waals surface area contributed by atoms with E-state index in [1.54, 1.807) is 13.3 Å². The highest BCUT2D eigenvalue weighted by atomic mass is 16.5. The lowest BCUT2D eigenvalue weighted by molar-refractivity contribution is 0.243. The van der Waals surface area contributed by atoms with Crippen molar-refractivity contribution in [3.8, 4) is 5.75 Å². The Kier molecular flexibility index (Phi) is 7.21. The van der Waals surface area contributed by atoms with Crippen molar-refractivity contribution in [2.75, 3.05) is 34.3 Å². The first-order chi connectivity index (χ1) is 9.61. The molecule has 110 valence electrons. The third-order valence-electron chi connectivity index (χ3n) is 2.65. The molecule has 0 saturated carbocycles. The lowest BCUT2D eigenvalue weighted by atomic mass is 10.2. The molecular weight excluding hydrogens is 254 g/mol. The maximum atomic E-state index is 11.5. The van der Waals surface area contributed by atoms with Crippen LogP contribution in [-0.2, 0) is 0 Å². The average Bonchev–Trinajstić information content (AvgIpc) is 2.43. The number of benzene rings is 1. The number of carbonyl (C=O) groups excluding carboxylic acids is 1. The quantitative estimate of drug-likeness (QED) is 0.749. The maximum Gasteiger partial charge on any atom is 0.318 e. The minimum absolute atomic E-state index is 0.192. The Hall–Kier alpha value is -2.01. The van der Waals surface area contributed by atoms with E-state index >= 15 is 0 Å². The summed E-state index contributed by atoms with van der Waals surface area (Å²) in [5, 5.41) is 5.47. The molecule has 1 aromatic carbocycles. The fraction of sp³-hybridized carbons (Fsp3) is 0.400. The molecule has 5 nitrogen and oxygen atoms in total. The van der Waals surface area contributed by atoms with Crippen LogP contribution in [0.2, 0.25) is 0 Å². The van der Waals surface area contributed by atoms with Crippen LogP contribution in [0, 0.1) is 0 Å². The molecule has 1 aromatic rings. The van der Waals surface area contributed by atoms with Gasteiger partial charge in [-0.3, -0.25) is 0 Å². The van der Waals surface area contributed by atoms with E-state index in [0.717, 1.165) is 24.3 Å². The third-order valence-corrected chi connectivity index (χ3v) is 2.65. The predicted octanol–water partition coefficient (Wildman–Crippen LogP) is 1.92. The predicted molar refractivity (Wildman–Crippen MR) is 81.7 cm³/mol. The lowest BCUT2D eigenvalue weighted by Gasteiger charge is -2.09. The Morgan fingerprint density at radius 3 is 2.90 bits per heavy atom. The highest BCUT2D eigenvalue weighted by Gasteiger charge is 1.97. The van der Waals surface area contributed by atoms with E-state index in [9.17, 15) is 4.79 Å². The molecule has 2 amide bonds. The van der Waals surface area contributed by atoms with Crippen molar-refractivity contribution in [2.24, 2.45) is 0 Å². The van der Waals surface area contributed by atoms with Gasteiger partial charge in [-0.25, -0.2) is 4.79 Å². The van der Waals surface area contributed by atoms with Gasteiger partial charge in [0, 0.05) is 12.7 Å². The summed E-state index contributed by atoms with van der Waals surface area (Å²) >= 11 is 0. The second-order valence-corrected chi connectivity index (χ2v) is 4.67. The smallest absolute Gasteiger partial charge is 0.318 e. The molecule has 0 aromatic heterocycles. The summed E-state index contributed by atoms with van der Waals surface area (Å²) in [5.74, 6) is 0.792. The number of nitrogens with zero attached hydrogens (tertiary/aromatic N) is 1. The summed E-state index contributed by atoms with van der Waals surface area (Å²) in [7, 11) is 5.65. The van der Waals surface area contributed by atoms with Gasteiger partial charge in [0.05, 0.1) is 7.11 Å². The maximum absolute atomic E-state index is 11.5. The van der Waals surface area contributed by atoms with Crippen molar-refractivity contribution in [3.05, 3.63) is 36.0 Å². The van der Waals surface area contributed by atoms with Gasteiger partial charge in [0.1, 0.15) is 5.75 Å². The Morgan fingerprint density at radius 1 is 1.40 bits per heavy atom. The van der Waals surface area contributed by atoms with Crippen LogP contribution in [0.1, 0.15) is 12.0 Å². The van der Waals surface area contributed by atoms with Crippen LogP contribution in [0.25, 0.3) is 6.08 Å². The van der Waals surface area contributed by atoms with Crippen LogP contribution >= 0.6 is 0 Å². The molecule has 0 saturated heterocycles. The number of ether oxygens (including phenoxy) is 1. The molecule has 0 aliphatic carbocycles. The van der Waals surface area contributed by atoms with Crippen molar-refractivity contribution in [1.82, 2.24) is 15.5 Å². The van der Waals surface area contributed by atoms with Gasteiger partial charge in [-0.1, -0.05) is 12.1 Å². The SMILES string of the molecule is COc1cccc(/C=C/NC(=O)NCCCN(C)C)c1. The number of nitrogens with one attached hydrogen (secondary N) is 2. The molecule has 0 atom stereocenters. The summed E-state index contributed by atoms with van der Waals surface area (Å²) in [6, 6.07) is 7.42. The van der Waals surface area contributed by atoms with E-state index in [-0.39, 0.29) is 6.03 Å². The molecule has 0 radical (unpaired) electrons. The molecule has 0 aliphatic heterocycles. The van der Waals surface area contributed by atoms with Crippen molar-refractivity contribution >= 4 is 12.1 Å². The minimum atomic E-state index is -0.192. The molecule has 0 spiro atoms. The number of amides is 2. The molecule has 0 bridgehead atoms. The highest BCUT2D eigenvalue weighted by molar-refractivity contribution is 5.75. The molecule has 20 heavy (non-hydrogen) atoms. The van der Waals surface area contributed by atoms with E-state index in [2.05, 4.69) is 15.5 Å². The molecule has 0 fully saturated rings. The number of rotatable bonds is 7. The first-order valence-electron chi connectivity index (χ1n) is 6.61. The molecule has 0 unspecified atom stereocenters. The Morgan fingerprint density at radius 2 is 2.20 bits per heavy atom. The van der Waals surface area contributed by atoms with Gasteiger partial charge in [0.25, 0.3) is 0 Å². The zero-order chi connectivity index (χ0) is 14.8.